The fraction of sp³-hybridized carbons (Fsp3) is 0.533. The zero-order chi connectivity index (χ0) is 13.5. The van der Waals surface area contributed by atoms with Crippen molar-refractivity contribution in [2.24, 2.45) is 0 Å². The zero-order valence-electron chi connectivity index (χ0n) is 11.4. The van der Waals surface area contributed by atoms with Crippen LogP contribution in [0, 0.1) is 0 Å². The lowest BCUT2D eigenvalue weighted by molar-refractivity contribution is -0.114. The highest BCUT2D eigenvalue weighted by Crippen LogP contribution is 2.15. The topological polar surface area (TPSA) is 37.3 Å². The highest BCUT2D eigenvalue weighted by molar-refractivity contribution is 5.91. The summed E-state index contributed by atoms with van der Waals surface area (Å²) < 4.78 is 0. The van der Waals surface area contributed by atoms with Crippen molar-refractivity contribution in [1.29, 1.82) is 0 Å². The number of aliphatic hydroxyl groups is 1. The summed E-state index contributed by atoms with van der Waals surface area (Å²) in [6.45, 7) is 11.1. The Bertz CT molecular complexity index is 329. The van der Waals surface area contributed by atoms with Crippen LogP contribution in [0.4, 0.5) is 0 Å². The summed E-state index contributed by atoms with van der Waals surface area (Å²) in [6, 6.07) is 0. The van der Waals surface area contributed by atoms with E-state index in [0.29, 0.717) is 12.8 Å². The molecule has 0 amide bonds. The molecule has 0 aliphatic carbocycles. The number of hydrogen-bond donors (Lipinski definition) is 1. The molecule has 2 heteroatoms. The number of allylic oxidation sites excluding steroid dienone is 4. The average Bonchev–Trinajstić information content (AvgIpc) is 2.15. The second-order valence-electron chi connectivity index (χ2n) is 5.02. The molecule has 0 bridgehead atoms. The molecule has 0 spiro atoms. The van der Waals surface area contributed by atoms with Crippen molar-refractivity contribution < 1.29 is 9.90 Å². The Kier molecular flexibility index (Phi) is 6.74. The molecule has 0 rings (SSSR count). The molecule has 0 aliphatic rings. The Morgan fingerprint density at radius 2 is 1.94 bits per heavy atom. The third kappa shape index (κ3) is 8.64. The van der Waals surface area contributed by atoms with Crippen molar-refractivity contribution in [1.82, 2.24) is 0 Å². The molecule has 0 unspecified atom stereocenters. The molecular weight excluding hydrogens is 212 g/mol. The standard InChI is InChI=1S/C15H24O2/c1-6-15(5,17)9-7-8-13(4)11-14(16)10-12(2)3/h6,8,10,17H,1,7,9,11H2,2-5H3/b13-8+/t15-/m0/s1. The van der Waals surface area contributed by atoms with Gasteiger partial charge in [0.05, 0.1) is 5.60 Å². The van der Waals surface area contributed by atoms with Crippen LogP contribution in [0.2, 0.25) is 0 Å². The maximum Gasteiger partial charge on any atom is 0.159 e. The molecule has 0 aliphatic heterocycles. The highest BCUT2D eigenvalue weighted by atomic mass is 16.3. The van der Waals surface area contributed by atoms with Crippen molar-refractivity contribution >= 4 is 5.78 Å². The predicted octanol–water partition coefficient (Wildman–Crippen LogP) is 3.58. The van der Waals surface area contributed by atoms with Gasteiger partial charge in [-0.2, -0.15) is 0 Å². The van der Waals surface area contributed by atoms with Gasteiger partial charge in [0, 0.05) is 6.42 Å². The van der Waals surface area contributed by atoms with Crippen LogP contribution in [0.15, 0.2) is 36.0 Å². The molecule has 0 fully saturated rings. The molecule has 0 aromatic rings. The first kappa shape index (κ1) is 15.9. The maximum absolute atomic E-state index is 11.5. The number of hydrogen-bond acceptors (Lipinski definition) is 2. The Hall–Kier alpha value is -1.15. The summed E-state index contributed by atoms with van der Waals surface area (Å²) in [6.07, 6.45) is 7.06. The number of ketones is 1. The van der Waals surface area contributed by atoms with Gasteiger partial charge in [0.15, 0.2) is 5.78 Å². The molecule has 0 heterocycles. The monoisotopic (exact) mass is 236 g/mol. The molecule has 0 saturated carbocycles. The molecule has 0 radical (unpaired) electrons. The first-order valence-electron chi connectivity index (χ1n) is 5.96. The Balaban J connectivity index is 4.16. The first-order chi connectivity index (χ1) is 7.76. The van der Waals surface area contributed by atoms with E-state index in [4.69, 9.17) is 0 Å². The van der Waals surface area contributed by atoms with Gasteiger partial charge >= 0.3 is 0 Å². The van der Waals surface area contributed by atoms with E-state index >= 15 is 0 Å². The smallest absolute Gasteiger partial charge is 0.159 e. The molecule has 0 aromatic carbocycles. The molecule has 0 aromatic heterocycles. The van der Waals surface area contributed by atoms with E-state index in [1.807, 2.05) is 26.8 Å². The molecule has 17 heavy (non-hydrogen) atoms. The predicted molar refractivity (Wildman–Crippen MR) is 72.9 cm³/mol. The Morgan fingerprint density at radius 1 is 1.35 bits per heavy atom. The summed E-state index contributed by atoms with van der Waals surface area (Å²) in [5, 5.41) is 9.71. The van der Waals surface area contributed by atoms with E-state index in [0.717, 1.165) is 17.6 Å². The molecule has 2 nitrogen and oxygen atoms in total. The van der Waals surface area contributed by atoms with Crippen LogP contribution >= 0.6 is 0 Å². The summed E-state index contributed by atoms with van der Waals surface area (Å²) >= 11 is 0. The van der Waals surface area contributed by atoms with Crippen molar-refractivity contribution in [2.75, 3.05) is 0 Å². The minimum atomic E-state index is -0.819. The summed E-state index contributed by atoms with van der Waals surface area (Å²) in [5.74, 6) is 0.134. The van der Waals surface area contributed by atoms with Crippen LogP contribution in [0.5, 0.6) is 0 Å². The third-order valence-electron chi connectivity index (χ3n) is 2.49. The minimum Gasteiger partial charge on any atom is -0.386 e. The number of rotatable bonds is 7. The van der Waals surface area contributed by atoms with Gasteiger partial charge in [-0.15, -0.1) is 6.58 Å². The lowest BCUT2D eigenvalue weighted by Crippen LogP contribution is -2.19. The SMILES string of the molecule is C=C[C@](C)(O)CC/C=C(\C)CC(=O)C=C(C)C. The van der Waals surface area contributed by atoms with Crippen molar-refractivity contribution in [3.8, 4) is 0 Å². The van der Waals surface area contributed by atoms with Crippen LogP contribution < -0.4 is 0 Å². The molecule has 96 valence electrons. The second kappa shape index (κ2) is 7.23. The summed E-state index contributed by atoms with van der Waals surface area (Å²) in [7, 11) is 0. The molecule has 0 saturated heterocycles. The van der Waals surface area contributed by atoms with Gasteiger partial charge < -0.3 is 5.11 Å². The van der Waals surface area contributed by atoms with Gasteiger partial charge in [0.25, 0.3) is 0 Å². The zero-order valence-corrected chi connectivity index (χ0v) is 11.4. The third-order valence-corrected chi connectivity index (χ3v) is 2.49. The van der Waals surface area contributed by atoms with E-state index in [-0.39, 0.29) is 5.78 Å². The lowest BCUT2D eigenvalue weighted by atomic mass is 9.99. The quantitative estimate of drug-likeness (QED) is 0.542. The second-order valence-corrected chi connectivity index (χ2v) is 5.02. The van der Waals surface area contributed by atoms with Gasteiger partial charge in [0.1, 0.15) is 0 Å². The Morgan fingerprint density at radius 3 is 2.41 bits per heavy atom. The average molecular weight is 236 g/mol. The van der Waals surface area contributed by atoms with E-state index in [1.54, 1.807) is 19.1 Å². The van der Waals surface area contributed by atoms with Crippen LogP contribution in [0.25, 0.3) is 0 Å². The normalized spacial score (nSPS) is 15.0. The van der Waals surface area contributed by atoms with Gasteiger partial charge in [-0.25, -0.2) is 0 Å². The number of carbonyl (C=O) groups is 1. The molecule has 1 atom stereocenters. The van der Waals surface area contributed by atoms with Crippen molar-refractivity contribution in [2.45, 2.75) is 52.6 Å². The largest absolute Gasteiger partial charge is 0.386 e. The van der Waals surface area contributed by atoms with Crippen molar-refractivity contribution in [3.05, 3.63) is 36.0 Å². The molecular formula is C15H24O2. The Labute approximate surface area is 105 Å². The minimum absolute atomic E-state index is 0.134. The fourth-order valence-corrected chi connectivity index (χ4v) is 1.43. The maximum atomic E-state index is 11.5. The molecule has 1 N–H and O–H groups in total. The highest BCUT2D eigenvalue weighted by Gasteiger charge is 2.13. The summed E-state index contributed by atoms with van der Waals surface area (Å²) in [5.41, 5.74) is 1.26. The van der Waals surface area contributed by atoms with E-state index in [2.05, 4.69) is 6.58 Å². The van der Waals surface area contributed by atoms with Gasteiger partial charge in [-0.05, 0) is 46.6 Å². The number of carbonyl (C=O) groups excluding carboxylic acids is 1. The van der Waals surface area contributed by atoms with Crippen LogP contribution in [0.1, 0.15) is 47.0 Å². The van der Waals surface area contributed by atoms with E-state index < -0.39 is 5.60 Å². The van der Waals surface area contributed by atoms with Gasteiger partial charge in [-0.1, -0.05) is 23.3 Å². The van der Waals surface area contributed by atoms with Gasteiger partial charge in [0.2, 0.25) is 0 Å². The van der Waals surface area contributed by atoms with E-state index in [1.165, 1.54) is 0 Å². The van der Waals surface area contributed by atoms with Crippen LogP contribution in [0.3, 0.4) is 0 Å². The van der Waals surface area contributed by atoms with Crippen LogP contribution in [-0.4, -0.2) is 16.5 Å². The first-order valence-corrected chi connectivity index (χ1v) is 5.96. The van der Waals surface area contributed by atoms with Gasteiger partial charge in [-0.3, -0.25) is 4.79 Å². The lowest BCUT2D eigenvalue weighted by Gasteiger charge is -2.16. The van der Waals surface area contributed by atoms with Crippen molar-refractivity contribution in [3.63, 3.8) is 0 Å². The van der Waals surface area contributed by atoms with E-state index in [9.17, 15) is 9.90 Å². The summed E-state index contributed by atoms with van der Waals surface area (Å²) in [4.78, 5) is 11.5. The fourth-order valence-electron chi connectivity index (χ4n) is 1.43. The van der Waals surface area contributed by atoms with Crippen LogP contribution in [-0.2, 0) is 4.79 Å².